The van der Waals surface area contributed by atoms with E-state index in [1.54, 1.807) is 37.8 Å². The van der Waals surface area contributed by atoms with E-state index < -0.39 is 0 Å². The van der Waals surface area contributed by atoms with E-state index in [-0.39, 0.29) is 5.91 Å². The number of carbonyl (C=O) groups is 1. The van der Waals surface area contributed by atoms with Crippen LogP contribution < -0.4 is 14.8 Å². The van der Waals surface area contributed by atoms with Crippen LogP contribution in [0.4, 0.5) is 5.69 Å². The average molecular weight is 393 g/mol. The van der Waals surface area contributed by atoms with Crippen LogP contribution in [-0.4, -0.2) is 29.5 Å². The van der Waals surface area contributed by atoms with Crippen molar-refractivity contribution in [2.45, 2.75) is 6.92 Å². The van der Waals surface area contributed by atoms with Gasteiger partial charge in [0.05, 0.1) is 25.6 Å². The van der Waals surface area contributed by atoms with Gasteiger partial charge in [0, 0.05) is 23.2 Å². The fourth-order valence-corrected chi connectivity index (χ4v) is 3.76. The molecule has 0 aliphatic carbocycles. The molecule has 1 N–H and O–H groups in total. The van der Waals surface area contributed by atoms with E-state index in [2.05, 4.69) is 10.3 Å². The zero-order valence-electron chi connectivity index (χ0n) is 15.7. The van der Waals surface area contributed by atoms with Crippen molar-refractivity contribution in [1.82, 2.24) is 9.38 Å². The third-order valence-corrected chi connectivity index (χ3v) is 5.28. The van der Waals surface area contributed by atoms with Gasteiger partial charge in [0.1, 0.15) is 17.2 Å². The lowest BCUT2D eigenvalue weighted by molar-refractivity contribution is 0.102. The molecule has 0 unspecified atom stereocenters. The normalized spacial score (nSPS) is 10.8. The second kappa shape index (κ2) is 7.36. The third kappa shape index (κ3) is 3.32. The van der Waals surface area contributed by atoms with E-state index in [0.717, 1.165) is 16.2 Å². The predicted octanol–water partition coefficient (Wildman–Crippen LogP) is 4.64. The minimum Gasteiger partial charge on any atom is -0.497 e. The minimum atomic E-state index is -0.245. The van der Waals surface area contributed by atoms with Crippen molar-refractivity contribution in [2.75, 3.05) is 19.5 Å². The Kier molecular flexibility index (Phi) is 4.75. The topological polar surface area (TPSA) is 64.9 Å². The van der Waals surface area contributed by atoms with Crippen molar-refractivity contribution in [2.24, 2.45) is 0 Å². The molecule has 2 aromatic heterocycles. The van der Waals surface area contributed by atoms with Crippen molar-refractivity contribution < 1.29 is 14.3 Å². The Labute approximate surface area is 166 Å². The summed E-state index contributed by atoms with van der Waals surface area (Å²) in [5, 5.41) is 4.70. The Morgan fingerprint density at radius 2 is 1.89 bits per heavy atom. The molecule has 0 saturated carbocycles. The molecular weight excluding hydrogens is 374 g/mol. The molecule has 7 heteroatoms. The summed E-state index contributed by atoms with van der Waals surface area (Å²) in [7, 11) is 3.14. The quantitative estimate of drug-likeness (QED) is 0.536. The van der Waals surface area contributed by atoms with Gasteiger partial charge >= 0.3 is 0 Å². The van der Waals surface area contributed by atoms with E-state index in [4.69, 9.17) is 9.47 Å². The number of aromatic nitrogens is 2. The maximum absolute atomic E-state index is 12.9. The molecule has 28 heavy (non-hydrogen) atoms. The number of nitrogens with one attached hydrogen (secondary N) is 1. The lowest BCUT2D eigenvalue weighted by atomic mass is 10.1. The van der Waals surface area contributed by atoms with Crippen LogP contribution in [0.5, 0.6) is 11.5 Å². The average Bonchev–Trinajstić information content (AvgIpc) is 3.29. The fraction of sp³-hybridized carbons (Fsp3) is 0.143. The van der Waals surface area contributed by atoms with Gasteiger partial charge in [-0.3, -0.25) is 9.20 Å². The monoisotopic (exact) mass is 393 g/mol. The Balaban J connectivity index is 1.66. The molecule has 2 aromatic carbocycles. The van der Waals surface area contributed by atoms with E-state index in [1.807, 2.05) is 41.8 Å². The molecule has 4 aromatic rings. The molecule has 1 amide bonds. The van der Waals surface area contributed by atoms with E-state index in [9.17, 15) is 4.79 Å². The van der Waals surface area contributed by atoms with Crippen LogP contribution in [0.2, 0.25) is 0 Å². The summed E-state index contributed by atoms with van der Waals surface area (Å²) in [5.74, 6) is 0.952. The predicted molar refractivity (Wildman–Crippen MR) is 111 cm³/mol. The molecule has 0 saturated heterocycles. The number of rotatable bonds is 5. The lowest BCUT2D eigenvalue weighted by Gasteiger charge is -2.11. The molecular formula is C21H19N3O3S. The highest BCUT2D eigenvalue weighted by molar-refractivity contribution is 7.15. The van der Waals surface area contributed by atoms with Gasteiger partial charge in [0.2, 0.25) is 0 Å². The van der Waals surface area contributed by atoms with Gasteiger partial charge in [0.15, 0.2) is 4.96 Å². The number of hydrogen-bond acceptors (Lipinski definition) is 5. The summed E-state index contributed by atoms with van der Waals surface area (Å²) < 4.78 is 12.4. The van der Waals surface area contributed by atoms with E-state index >= 15 is 0 Å². The van der Waals surface area contributed by atoms with Crippen molar-refractivity contribution in [3.63, 3.8) is 0 Å². The first-order valence-corrected chi connectivity index (χ1v) is 9.54. The summed E-state index contributed by atoms with van der Waals surface area (Å²) in [4.78, 5) is 18.3. The number of hydrogen-bond donors (Lipinski definition) is 1. The number of aryl methyl sites for hydroxylation is 1. The fourth-order valence-electron chi connectivity index (χ4n) is 2.91. The number of carbonyl (C=O) groups excluding carboxylic acids is 1. The van der Waals surface area contributed by atoms with Crippen LogP contribution in [0.25, 0.3) is 16.2 Å². The van der Waals surface area contributed by atoms with Crippen molar-refractivity contribution in [1.29, 1.82) is 0 Å². The largest absolute Gasteiger partial charge is 0.497 e. The van der Waals surface area contributed by atoms with Crippen molar-refractivity contribution >= 4 is 27.9 Å². The number of anilines is 1. The highest BCUT2D eigenvalue weighted by Gasteiger charge is 2.17. The van der Waals surface area contributed by atoms with Gasteiger partial charge in [-0.15, -0.1) is 11.3 Å². The molecule has 0 radical (unpaired) electrons. The summed E-state index contributed by atoms with van der Waals surface area (Å²) in [6.07, 6.45) is 1.88. The SMILES string of the molecule is COc1ccc(OC)c(NC(=O)c2csc3nc(-c4ccc(C)cc4)cn23)c1. The van der Waals surface area contributed by atoms with Crippen molar-refractivity contribution in [3.05, 3.63) is 65.3 Å². The third-order valence-electron chi connectivity index (χ3n) is 4.44. The van der Waals surface area contributed by atoms with Crippen LogP contribution >= 0.6 is 11.3 Å². The van der Waals surface area contributed by atoms with Crippen molar-refractivity contribution in [3.8, 4) is 22.8 Å². The molecule has 0 fully saturated rings. The maximum Gasteiger partial charge on any atom is 0.273 e. The highest BCUT2D eigenvalue weighted by atomic mass is 32.1. The number of thiazole rings is 1. The second-order valence-corrected chi connectivity index (χ2v) is 7.12. The summed E-state index contributed by atoms with van der Waals surface area (Å²) in [6.45, 7) is 2.05. The molecule has 2 heterocycles. The van der Waals surface area contributed by atoms with Gasteiger partial charge in [0.25, 0.3) is 5.91 Å². The molecule has 0 atom stereocenters. The standard InChI is InChI=1S/C21H19N3O3S/c1-13-4-6-14(7-5-13)17-11-24-18(12-28-21(24)23-17)20(25)22-16-10-15(26-2)8-9-19(16)27-3/h4-12H,1-3H3,(H,22,25). The first-order chi connectivity index (χ1) is 13.6. The number of amides is 1. The first kappa shape index (κ1) is 18.1. The Hall–Kier alpha value is -3.32. The van der Waals surface area contributed by atoms with Crippen LogP contribution in [-0.2, 0) is 0 Å². The number of methoxy groups -OCH3 is 2. The summed E-state index contributed by atoms with van der Waals surface area (Å²) in [5.41, 5.74) is 4.10. The maximum atomic E-state index is 12.9. The lowest BCUT2D eigenvalue weighted by Crippen LogP contribution is -2.14. The summed E-state index contributed by atoms with van der Waals surface area (Å²) in [6, 6.07) is 13.4. The van der Waals surface area contributed by atoms with Gasteiger partial charge in [-0.2, -0.15) is 0 Å². The molecule has 0 spiro atoms. The van der Waals surface area contributed by atoms with Gasteiger partial charge in [-0.25, -0.2) is 4.98 Å². The number of ether oxygens (including phenoxy) is 2. The van der Waals surface area contributed by atoms with Crippen LogP contribution in [0.1, 0.15) is 16.1 Å². The van der Waals surface area contributed by atoms with Gasteiger partial charge in [-0.1, -0.05) is 29.8 Å². The highest BCUT2D eigenvalue weighted by Crippen LogP contribution is 2.30. The number of fused-ring (bicyclic) bond motifs is 1. The first-order valence-electron chi connectivity index (χ1n) is 8.66. The zero-order chi connectivity index (χ0) is 19.7. The van der Waals surface area contributed by atoms with E-state index in [0.29, 0.717) is 22.9 Å². The second-order valence-electron chi connectivity index (χ2n) is 6.29. The molecule has 0 aliphatic rings. The molecule has 4 rings (SSSR count). The Bertz CT molecular complexity index is 1150. The Morgan fingerprint density at radius 3 is 2.61 bits per heavy atom. The number of nitrogens with zero attached hydrogens (tertiary/aromatic N) is 2. The van der Waals surface area contributed by atoms with Gasteiger partial charge < -0.3 is 14.8 Å². The zero-order valence-corrected chi connectivity index (χ0v) is 16.5. The number of benzene rings is 2. The summed E-state index contributed by atoms with van der Waals surface area (Å²) >= 11 is 1.42. The van der Waals surface area contributed by atoms with Crippen LogP contribution in [0.3, 0.4) is 0 Å². The molecule has 0 aliphatic heterocycles. The van der Waals surface area contributed by atoms with Gasteiger partial charge in [-0.05, 0) is 19.1 Å². The molecule has 6 nitrogen and oxygen atoms in total. The van der Waals surface area contributed by atoms with E-state index in [1.165, 1.54) is 16.9 Å². The molecule has 0 bridgehead atoms. The smallest absolute Gasteiger partial charge is 0.273 e. The Morgan fingerprint density at radius 1 is 1.11 bits per heavy atom. The van der Waals surface area contributed by atoms with Crippen LogP contribution in [0.15, 0.2) is 54.0 Å². The minimum absolute atomic E-state index is 0.245. The van der Waals surface area contributed by atoms with Crippen LogP contribution in [0, 0.1) is 6.92 Å². The molecule has 142 valence electrons. The number of imidazole rings is 1.